The van der Waals surface area contributed by atoms with Gasteiger partial charge in [0.2, 0.25) is 5.91 Å². The second-order valence-electron chi connectivity index (χ2n) is 6.26. The van der Waals surface area contributed by atoms with Crippen LogP contribution in [0.25, 0.3) is 0 Å². The SMILES string of the molecule is O=C(CCC1CCCCN1)N(Cc1ccccn1)C1CC1. The van der Waals surface area contributed by atoms with Crippen molar-refractivity contribution < 1.29 is 4.79 Å². The fraction of sp³-hybridized carbons (Fsp3) is 0.647. The van der Waals surface area contributed by atoms with Gasteiger partial charge >= 0.3 is 0 Å². The molecule has 1 saturated heterocycles. The van der Waals surface area contributed by atoms with Gasteiger partial charge in [-0.15, -0.1) is 0 Å². The summed E-state index contributed by atoms with van der Waals surface area (Å²) < 4.78 is 0. The molecular formula is C17H25N3O. The summed E-state index contributed by atoms with van der Waals surface area (Å²) in [5.74, 6) is 0.301. The number of rotatable bonds is 6. The van der Waals surface area contributed by atoms with Crippen LogP contribution in [0, 0.1) is 0 Å². The molecule has 0 bridgehead atoms. The minimum atomic E-state index is 0.301. The van der Waals surface area contributed by atoms with Gasteiger partial charge in [-0.3, -0.25) is 9.78 Å². The second-order valence-corrected chi connectivity index (χ2v) is 6.26. The number of piperidine rings is 1. The molecule has 1 aromatic heterocycles. The standard InChI is InChI=1S/C17H25N3O/c21-17(10-7-14-5-1-3-11-18-14)20(16-8-9-16)13-15-6-2-4-12-19-15/h2,4,6,12,14,16,18H,1,3,5,7-11,13H2. The first kappa shape index (κ1) is 14.5. The quantitative estimate of drug-likeness (QED) is 0.874. The van der Waals surface area contributed by atoms with E-state index >= 15 is 0 Å². The molecule has 2 heterocycles. The van der Waals surface area contributed by atoms with Crippen LogP contribution in [0.3, 0.4) is 0 Å². The molecule has 1 N–H and O–H groups in total. The summed E-state index contributed by atoms with van der Waals surface area (Å²) in [4.78, 5) is 18.9. The lowest BCUT2D eigenvalue weighted by Crippen LogP contribution is -2.37. The molecule has 1 unspecified atom stereocenters. The molecule has 2 fully saturated rings. The summed E-state index contributed by atoms with van der Waals surface area (Å²) in [6.07, 6.45) is 9.55. The van der Waals surface area contributed by atoms with Crippen molar-refractivity contribution in [2.45, 2.75) is 63.6 Å². The van der Waals surface area contributed by atoms with Gasteiger partial charge in [-0.1, -0.05) is 12.5 Å². The fourth-order valence-electron chi connectivity index (χ4n) is 3.09. The van der Waals surface area contributed by atoms with Crippen LogP contribution in [-0.2, 0) is 11.3 Å². The van der Waals surface area contributed by atoms with E-state index in [-0.39, 0.29) is 0 Å². The highest BCUT2D eigenvalue weighted by molar-refractivity contribution is 5.76. The largest absolute Gasteiger partial charge is 0.334 e. The predicted octanol–water partition coefficient (Wildman–Crippen LogP) is 2.49. The van der Waals surface area contributed by atoms with Crippen molar-refractivity contribution in [1.82, 2.24) is 15.2 Å². The van der Waals surface area contributed by atoms with Crippen LogP contribution in [0.1, 0.15) is 50.6 Å². The Morgan fingerprint density at radius 3 is 2.86 bits per heavy atom. The number of amides is 1. The first-order valence-corrected chi connectivity index (χ1v) is 8.25. The van der Waals surface area contributed by atoms with E-state index in [4.69, 9.17) is 0 Å². The molecule has 2 aliphatic rings. The summed E-state index contributed by atoms with van der Waals surface area (Å²) in [6, 6.07) is 6.91. The number of aromatic nitrogens is 1. The van der Waals surface area contributed by atoms with E-state index in [1.165, 1.54) is 19.3 Å². The molecule has 4 nitrogen and oxygen atoms in total. The minimum Gasteiger partial charge on any atom is -0.334 e. The maximum absolute atomic E-state index is 12.5. The van der Waals surface area contributed by atoms with Crippen molar-refractivity contribution in [1.29, 1.82) is 0 Å². The summed E-state index contributed by atoms with van der Waals surface area (Å²) >= 11 is 0. The minimum absolute atomic E-state index is 0.301. The summed E-state index contributed by atoms with van der Waals surface area (Å²) in [6.45, 7) is 1.78. The maximum Gasteiger partial charge on any atom is 0.223 e. The summed E-state index contributed by atoms with van der Waals surface area (Å²) in [7, 11) is 0. The molecule has 0 spiro atoms. The van der Waals surface area contributed by atoms with Crippen molar-refractivity contribution in [3.05, 3.63) is 30.1 Å². The number of nitrogens with one attached hydrogen (secondary N) is 1. The first-order chi connectivity index (χ1) is 10.3. The first-order valence-electron chi connectivity index (χ1n) is 8.25. The zero-order valence-corrected chi connectivity index (χ0v) is 12.6. The molecule has 4 heteroatoms. The molecular weight excluding hydrogens is 262 g/mol. The van der Waals surface area contributed by atoms with Gasteiger partial charge in [0.1, 0.15) is 0 Å². The Labute approximate surface area is 126 Å². The molecule has 114 valence electrons. The molecule has 1 saturated carbocycles. The Balaban J connectivity index is 1.52. The highest BCUT2D eigenvalue weighted by atomic mass is 16.2. The Hall–Kier alpha value is -1.42. The lowest BCUT2D eigenvalue weighted by atomic mass is 10.0. The van der Waals surface area contributed by atoms with Gasteiger partial charge in [0, 0.05) is 24.7 Å². The Kier molecular flexibility index (Phi) is 4.86. The Bertz CT molecular complexity index is 452. The zero-order chi connectivity index (χ0) is 14.5. The molecule has 1 amide bonds. The van der Waals surface area contributed by atoms with Gasteiger partial charge < -0.3 is 10.2 Å². The number of carbonyl (C=O) groups excluding carboxylic acids is 1. The van der Waals surface area contributed by atoms with Crippen molar-refractivity contribution in [2.75, 3.05) is 6.54 Å². The molecule has 1 aromatic rings. The fourth-order valence-corrected chi connectivity index (χ4v) is 3.09. The molecule has 3 rings (SSSR count). The van der Waals surface area contributed by atoms with E-state index in [2.05, 4.69) is 10.3 Å². The predicted molar refractivity (Wildman–Crippen MR) is 82.7 cm³/mol. The highest BCUT2D eigenvalue weighted by Crippen LogP contribution is 2.29. The van der Waals surface area contributed by atoms with Crippen molar-refractivity contribution in [2.24, 2.45) is 0 Å². The number of hydrogen-bond acceptors (Lipinski definition) is 3. The average Bonchev–Trinajstić information content (AvgIpc) is 3.37. The lowest BCUT2D eigenvalue weighted by molar-refractivity contribution is -0.132. The smallest absolute Gasteiger partial charge is 0.223 e. The van der Waals surface area contributed by atoms with Crippen LogP contribution in [0.2, 0.25) is 0 Å². The summed E-state index contributed by atoms with van der Waals surface area (Å²) in [5, 5.41) is 3.52. The van der Waals surface area contributed by atoms with Gasteiger partial charge in [-0.25, -0.2) is 0 Å². The normalized spacial score (nSPS) is 22.0. The number of pyridine rings is 1. The van der Waals surface area contributed by atoms with Crippen LogP contribution in [0.5, 0.6) is 0 Å². The van der Waals surface area contributed by atoms with Crippen LogP contribution in [0.4, 0.5) is 0 Å². The van der Waals surface area contributed by atoms with E-state index in [1.807, 2.05) is 23.1 Å². The van der Waals surface area contributed by atoms with Crippen LogP contribution < -0.4 is 5.32 Å². The number of nitrogens with zero attached hydrogens (tertiary/aromatic N) is 2. The maximum atomic E-state index is 12.5. The third-order valence-corrected chi connectivity index (χ3v) is 4.49. The van der Waals surface area contributed by atoms with Crippen molar-refractivity contribution in [3.63, 3.8) is 0 Å². The monoisotopic (exact) mass is 287 g/mol. The third kappa shape index (κ3) is 4.27. The van der Waals surface area contributed by atoms with Crippen LogP contribution >= 0.6 is 0 Å². The van der Waals surface area contributed by atoms with E-state index < -0.39 is 0 Å². The van der Waals surface area contributed by atoms with Gasteiger partial charge in [-0.2, -0.15) is 0 Å². The van der Waals surface area contributed by atoms with E-state index in [0.717, 1.165) is 31.5 Å². The van der Waals surface area contributed by atoms with Crippen LogP contribution in [-0.4, -0.2) is 34.4 Å². The Morgan fingerprint density at radius 1 is 1.29 bits per heavy atom. The number of hydrogen-bond donors (Lipinski definition) is 1. The third-order valence-electron chi connectivity index (χ3n) is 4.49. The molecule has 1 aliphatic carbocycles. The second kappa shape index (κ2) is 7.03. The van der Waals surface area contributed by atoms with Gasteiger partial charge in [0.05, 0.1) is 12.2 Å². The van der Waals surface area contributed by atoms with E-state index in [0.29, 0.717) is 31.0 Å². The van der Waals surface area contributed by atoms with E-state index in [1.54, 1.807) is 6.20 Å². The van der Waals surface area contributed by atoms with Crippen LogP contribution in [0.15, 0.2) is 24.4 Å². The van der Waals surface area contributed by atoms with Crippen molar-refractivity contribution >= 4 is 5.91 Å². The molecule has 0 aromatic carbocycles. The van der Waals surface area contributed by atoms with E-state index in [9.17, 15) is 4.79 Å². The molecule has 1 atom stereocenters. The highest BCUT2D eigenvalue weighted by Gasteiger charge is 2.32. The molecule has 1 aliphatic heterocycles. The Morgan fingerprint density at radius 2 is 2.19 bits per heavy atom. The molecule has 0 radical (unpaired) electrons. The zero-order valence-electron chi connectivity index (χ0n) is 12.6. The topological polar surface area (TPSA) is 45.2 Å². The molecule has 21 heavy (non-hydrogen) atoms. The van der Waals surface area contributed by atoms with Crippen molar-refractivity contribution in [3.8, 4) is 0 Å². The number of carbonyl (C=O) groups is 1. The summed E-state index contributed by atoms with van der Waals surface area (Å²) in [5.41, 5.74) is 0.994. The van der Waals surface area contributed by atoms with Gasteiger partial charge in [0.25, 0.3) is 0 Å². The lowest BCUT2D eigenvalue weighted by Gasteiger charge is -2.26. The average molecular weight is 287 g/mol. The van der Waals surface area contributed by atoms with Gasteiger partial charge in [0.15, 0.2) is 0 Å². The van der Waals surface area contributed by atoms with Gasteiger partial charge in [-0.05, 0) is 50.8 Å².